The fraction of sp³-hybridized carbons (Fsp3) is 0. The molecule has 0 atom stereocenters. The van der Waals surface area contributed by atoms with E-state index in [4.69, 9.17) is 0 Å². The lowest BCUT2D eigenvalue weighted by Gasteiger charge is -2.28. The van der Waals surface area contributed by atoms with Crippen LogP contribution in [-0.2, 0) is 0 Å². The number of para-hydroxylation sites is 2. The van der Waals surface area contributed by atoms with Gasteiger partial charge in [0, 0.05) is 33.2 Å². The van der Waals surface area contributed by atoms with Gasteiger partial charge < -0.3 is 9.47 Å². The van der Waals surface area contributed by atoms with E-state index >= 15 is 0 Å². The van der Waals surface area contributed by atoms with Crippen molar-refractivity contribution in [2.45, 2.75) is 0 Å². The molecule has 0 saturated carbocycles. The highest BCUT2D eigenvalue weighted by molar-refractivity contribution is 6.16. The summed E-state index contributed by atoms with van der Waals surface area (Å²) in [6, 6.07) is 97.5. The Bertz CT molecular complexity index is 4010. The van der Waals surface area contributed by atoms with Crippen LogP contribution in [0.3, 0.4) is 0 Å². The van der Waals surface area contributed by atoms with Crippen LogP contribution >= 0.6 is 0 Å². The molecule has 318 valence electrons. The Morgan fingerprint density at radius 2 is 0.809 bits per heavy atom. The van der Waals surface area contributed by atoms with Gasteiger partial charge in [0.2, 0.25) is 0 Å². The number of nitrogens with zero attached hydrogens (tertiary/aromatic N) is 2. The number of hydrogen-bond donors (Lipinski definition) is 0. The van der Waals surface area contributed by atoms with E-state index in [-0.39, 0.29) is 0 Å². The summed E-state index contributed by atoms with van der Waals surface area (Å²) >= 11 is 0. The quantitative estimate of drug-likeness (QED) is 0.138. The molecule has 2 nitrogen and oxygen atoms in total. The second-order valence-corrected chi connectivity index (χ2v) is 17.7. The molecule has 0 aliphatic heterocycles. The van der Waals surface area contributed by atoms with Gasteiger partial charge in [-0.05, 0) is 132 Å². The molecule has 68 heavy (non-hydrogen) atoms. The largest absolute Gasteiger partial charge is 0.310 e. The summed E-state index contributed by atoms with van der Waals surface area (Å²) in [7, 11) is 0. The zero-order valence-electron chi connectivity index (χ0n) is 37.3. The molecule has 0 aliphatic carbocycles. The average Bonchev–Trinajstić information content (AvgIpc) is 3.76. The zero-order chi connectivity index (χ0) is 45.0. The lowest BCUT2D eigenvalue weighted by Crippen LogP contribution is -2.10. The van der Waals surface area contributed by atoms with Gasteiger partial charge in [-0.1, -0.05) is 206 Å². The fourth-order valence-electron chi connectivity index (χ4n) is 10.6. The Balaban J connectivity index is 0.917. The second kappa shape index (κ2) is 16.5. The average molecular weight is 865 g/mol. The van der Waals surface area contributed by atoms with E-state index in [9.17, 15) is 0 Å². The molecule has 0 fully saturated rings. The first-order valence-corrected chi connectivity index (χ1v) is 23.4. The van der Waals surface area contributed by atoms with Gasteiger partial charge in [-0.15, -0.1) is 0 Å². The third kappa shape index (κ3) is 6.73. The van der Waals surface area contributed by atoms with Crippen molar-refractivity contribution in [1.82, 2.24) is 4.57 Å². The highest BCUT2D eigenvalue weighted by atomic mass is 15.1. The van der Waals surface area contributed by atoms with Crippen molar-refractivity contribution < 1.29 is 0 Å². The van der Waals surface area contributed by atoms with Crippen LogP contribution in [0.15, 0.2) is 267 Å². The molecular weight excluding hydrogens is 821 g/mol. The number of hydrogen-bond acceptors (Lipinski definition) is 1. The molecule has 13 rings (SSSR count). The van der Waals surface area contributed by atoms with Gasteiger partial charge in [0.15, 0.2) is 0 Å². The summed E-state index contributed by atoms with van der Waals surface area (Å²) in [6.07, 6.45) is 0. The number of anilines is 3. The van der Waals surface area contributed by atoms with Gasteiger partial charge in [-0.2, -0.15) is 0 Å². The predicted octanol–water partition coefficient (Wildman–Crippen LogP) is 18.4. The molecule has 1 heterocycles. The topological polar surface area (TPSA) is 8.17 Å². The summed E-state index contributed by atoms with van der Waals surface area (Å²) < 4.78 is 2.39. The molecule has 0 saturated heterocycles. The van der Waals surface area contributed by atoms with E-state index < -0.39 is 0 Å². The minimum atomic E-state index is 1.09. The van der Waals surface area contributed by atoms with E-state index in [1.165, 1.54) is 93.1 Å². The number of fused-ring (bicyclic) bond motifs is 7. The predicted molar refractivity (Wildman–Crippen MR) is 290 cm³/mol. The summed E-state index contributed by atoms with van der Waals surface area (Å²) in [6.45, 7) is 0. The lowest BCUT2D eigenvalue weighted by molar-refractivity contribution is 1.18. The van der Waals surface area contributed by atoms with E-state index in [0.29, 0.717) is 0 Å². The highest BCUT2D eigenvalue weighted by Crippen LogP contribution is 2.45. The zero-order valence-corrected chi connectivity index (χ0v) is 37.3. The van der Waals surface area contributed by atoms with Crippen LogP contribution in [-0.4, -0.2) is 4.57 Å². The SMILES string of the molecule is c1ccc(-n2c3ccccc3c3c(-c4cccc(-c5cccc(N(c6ccc(-c7ccc(-c8cccc9ccccc89)cc7)cc6)c6cc7ccccc7c7ccccc67)c5)c4)cccc32)cc1. The van der Waals surface area contributed by atoms with E-state index in [1.807, 2.05) is 0 Å². The van der Waals surface area contributed by atoms with Crippen LogP contribution in [0, 0.1) is 0 Å². The Morgan fingerprint density at radius 1 is 0.265 bits per heavy atom. The van der Waals surface area contributed by atoms with Crippen molar-refractivity contribution in [1.29, 1.82) is 0 Å². The molecule has 0 amide bonds. The van der Waals surface area contributed by atoms with Crippen LogP contribution in [0.4, 0.5) is 17.1 Å². The van der Waals surface area contributed by atoms with Gasteiger partial charge in [0.25, 0.3) is 0 Å². The van der Waals surface area contributed by atoms with Gasteiger partial charge >= 0.3 is 0 Å². The summed E-state index contributed by atoms with van der Waals surface area (Å²) in [5, 5.41) is 9.93. The maximum Gasteiger partial charge on any atom is 0.0547 e. The van der Waals surface area contributed by atoms with Crippen LogP contribution in [0.25, 0.3) is 104 Å². The van der Waals surface area contributed by atoms with Gasteiger partial charge in [0.05, 0.1) is 16.7 Å². The third-order valence-corrected chi connectivity index (χ3v) is 13.8. The Hall–Kier alpha value is -8.98. The molecule has 0 N–H and O–H groups in total. The smallest absolute Gasteiger partial charge is 0.0547 e. The molecule has 12 aromatic carbocycles. The molecule has 0 spiro atoms. The summed E-state index contributed by atoms with van der Waals surface area (Å²) in [4.78, 5) is 2.44. The van der Waals surface area contributed by atoms with E-state index in [0.717, 1.165) is 28.3 Å². The number of aromatic nitrogens is 1. The van der Waals surface area contributed by atoms with Crippen LogP contribution in [0.5, 0.6) is 0 Å². The molecule has 13 aromatic rings. The van der Waals surface area contributed by atoms with Crippen molar-refractivity contribution in [3.63, 3.8) is 0 Å². The lowest BCUT2D eigenvalue weighted by atomic mass is 9.95. The van der Waals surface area contributed by atoms with Crippen molar-refractivity contribution in [2.75, 3.05) is 4.90 Å². The minimum absolute atomic E-state index is 1.09. The van der Waals surface area contributed by atoms with Crippen molar-refractivity contribution in [2.24, 2.45) is 0 Å². The van der Waals surface area contributed by atoms with Crippen LogP contribution < -0.4 is 4.90 Å². The maximum absolute atomic E-state index is 2.44. The molecule has 1 aromatic heterocycles. The van der Waals surface area contributed by atoms with Gasteiger partial charge in [-0.3, -0.25) is 0 Å². The maximum atomic E-state index is 2.44. The first-order valence-electron chi connectivity index (χ1n) is 23.4. The molecule has 2 heteroatoms. The summed E-state index contributed by atoms with van der Waals surface area (Å²) in [5.74, 6) is 0. The number of rotatable bonds is 8. The van der Waals surface area contributed by atoms with Crippen LogP contribution in [0.1, 0.15) is 0 Å². The number of benzene rings is 12. The standard InChI is InChI=1S/C66H44N2/c1-2-22-53(23-3-1)68-63-32-11-10-29-62(63)66-59(31-15-33-64(66)68)51-21-12-19-49(42-51)50-20-13-24-55(43-50)67(65-44-52-17-5-7-26-58(52)60-27-8-9-28-61(60)65)54-40-38-46(39-41-54)45-34-36-48(37-35-45)57-30-14-18-47-16-4-6-25-56(47)57/h1-44H. The molecular formula is C66H44N2. The Kier molecular flexibility index (Phi) is 9.54. The van der Waals surface area contributed by atoms with Crippen molar-refractivity contribution in [3.05, 3.63) is 267 Å². The molecule has 0 radical (unpaired) electrons. The minimum Gasteiger partial charge on any atom is -0.310 e. The van der Waals surface area contributed by atoms with Crippen molar-refractivity contribution in [3.8, 4) is 50.2 Å². The second-order valence-electron chi connectivity index (χ2n) is 17.7. The molecule has 0 unspecified atom stereocenters. The third-order valence-electron chi connectivity index (χ3n) is 13.8. The monoisotopic (exact) mass is 864 g/mol. The van der Waals surface area contributed by atoms with Gasteiger partial charge in [0.1, 0.15) is 0 Å². The normalized spacial score (nSPS) is 11.5. The van der Waals surface area contributed by atoms with Gasteiger partial charge in [-0.25, -0.2) is 0 Å². The van der Waals surface area contributed by atoms with E-state index in [1.54, 1.807) is 0 Å². The summed E-state index contributed by atoms with van der Waals surface area (Å²) in [5.41, 5.74) is 16.4. The highest BCUT2D eigenvalue weighted by Gasteiger charge is 2.20. The molecule has 0 bridgehead atoms. The first-order chi connectivity index (χ1) is 33.7. The van der Waals surface area contributed by atoms with Crippen molar-refractivity contribution >= 4 is 71.2 Å². The first kappa shape index (κ1) is 39.4. The fourth-order valence-corrected chi connectivity index (χ4v) is 10.6. The molecule has 0 aliphatic rings. The Morgan fingerprint density at radius 3 is 1.62 bits per heavy atom. The Labute approximate surface area is 395 Å². The van der Waals surface area contributed by atoms with E-state index in [2.05, 4.69) is 276 Å². The van der Waals surface area contributed by atoms with Crippen LogP contribution in [0.2, 0.25) is 0 Å².